The van der Waals surface area contributed by atoms with Crippen LogP contribution in [-0.2, 0) is 17.6 Å². The molecular weight excluding hydrogens is 408 g/mol. The largest absolute Gasteiger partial charge is 0.481 e. The molecule has 0 saturated heterocycles. The molecule has 4 rings (SSSR count). The molecule has 0 atom stereocenters. The highest BCUT2D eigenvalue weighted by atomic mass is 32.1. The molecule has 1 N–H and O–H groups in total. The van der Waals surface area contributed by atoms with Crippen molar-refractivity contribution in [2.75, 3.05) is 0 Å². The molecule has 0 bridgehead atoms. The summed E-state index contributed by atoms with van der Waals surface area (Å²) in [6, 6.07) is 14.0. The zero-order chi connectivity index (χ0) is 21.8. The molecule has 0 aliphatic heterocycles. The fraction of sp³-hybridized carbons (Fsp3) is 0.250. The van der Waals surface area contributed by atoms with E-state index in [0.29, 0.717) is 18.4 Å². The van der Waals surface area contributed by atoms with Crippen LogP contribution in [0.4, 0.5) is 0 Å². The minimum absolute atomic E-state index is 0.145. The molecule has 0 fully saturated rings. The lowest BCUT2D eigenvalue weighted by atomic mass is 9.93. The first-order valence-corrected chi connectivity index (χ1v) is 11.2. The molecular formula is C24H22N4O2S. The SMILES string of the molecule is CCc1ccc2c(-c3cccc(C#N)c3)c(CCCCC(=O)O)c(-c3nccs3)nn12. The average molecular weight is 431 g/mol. The average Bonchev–Trinajstić information content (AvgIpc) is 3.45. The van der Waals surface area contributed by atoms with Crippen LogP contribution in [0, 0.1) is 11.3 Å². The Morgan fingerprint density at radius 1 is 1.26 bits per heavy atom. The Kier molecular flexibility index (Phi) is 6.10. The molecule has 0 amide bonds. The van der Waals surface area contributed by atoms with E-state index in [1.165, 1.54) is 11.3 Å². The number of carbonyl (C=O) groups is 1. The zero-order valence-electron chi connectivity index (χ0n) is 17.2. The van der Waals surface area contributed by atoms with Gasteiger partial charge < -0.3 is 5.11 Å². The summed E-state index contributed by atoms with van der Waals surface area (Å²) in [7, 11) is 0. The van der Waals surface area contributed by atoms with Gasteiger partial charge in [0.25, 0.3) is 0 Å². The number of aryl methyl sites for hydroxylation is 1. The van der Waals surface area contributed by atoms with E-state index in [9.17, 15) is 10.1 Å². The predicted octanol–water partition coefficient (Wildman–Crippen LogP) is 5.36. The summed E-state index contributed by atoms with van der Waals surface area (Å²) in [5.41, 5.74) is 6.54. The predicted molar refractivity (Wildman–Crippen MR) is 121 cm³/mol. The first-order chi connectivity index (χ1) is 15.1. The highest BCUT2D eigenvalue weighted by Crippen LogP contribution is 2.37. The summed E-state index contributed by atoms with van der Waals surface area (Å²) in [6.45, 7) is 2.10. The molecule has 31 heavy (non-hydrogen) atoms. The maximum Gasteiger partial charge on any atom is 0.303 e. The molecule has 4 aromatic rings. The first kappa shape index (κ1) is 20.8. The number of nitrogens with zero attached hydrogens (tertiary/aromatic N) is 4. The highest BCUT2D eigenvalue weighted by molar-refractivity contribution is 7.13. The zero-order valence-corrected chi connectivity index (χ0v) is 18.0. The Balaban J connectivity index is 1.96. The van der Waals surface area contributed by atoms with Crippen molar-refractivity contribution in [3.05, 3.63) is 64.8 Å². The van der Waals surface area contributed by atoms with Crippen molar-refractivity contribution in [2.24, 2.45) is 0 Å². The van der Waals surface area contributed by atoms with E-state index in [2.05, 4.69) is 30.1 Å². The van der Waals surface area contributed by atoms with Crippen molar-refractivity contribution in [3.63, 3.8) is 0 Å². The Morgan fingerprint density at radius 3 is 2.84 bits per heavy atom. The maximum absolute atomic E-state index is 11.0. The number of benzene rings is 1. The fourth-order valence-electron chi connectivity index (χ4n) is 3.88. The third-order valence-corrected chi connectivity index (χ3v) is 6.10. The van der Waals surface area contributed by atoms with Crippen LogP contribution in [0.15, 0.2) is 48.0 Å². The van der Waals surface area contributed by atoms with Crippen molar-refractivity contribution in [1.82, 2.24) is 14.6 Å². The molecule has 0 saturated carbocycles. The van der Waals surface area contributed by atoms with Gasteiger partial charge in [0.2, 0.25) is 0 Å². The van der Waals surface area contributed by atoms with Crippen molar-refractivity contribution in [3.8, 4) is 27.9 Å². The molecule has 6 nitrogen and oxygen atoms in total. The lowest BCUT2D eigenvalue weighted by Gasteiger charge is -2.17. The molecule has 0 unspecified atom stereocenters. The second kappa shape index (κ2) is 9.11. The van der Waals surface area contributed by atoms with Gasteiger partial charge in [-0.1, -0.05) is 19.1 Å². The van der Waals surface area contributed by atoms with Gasteiger partial charge >= 0.3 is 5.97 Å². The number of hydrogen-bond donors (Lipinski definition) is 1. The number of hydrogen-bond acceptors (Lipinski definition) is 5. The van der Waals surface area contributed by atoms with E-state index in [-0.39, 0.29) is 6.42 Å². The van der Waals surface area contributed by atoms with E-state index in [4.69, 9.17) is 10.2 Å². The quantitative estimate of drug-likeness (QED) is 0.380. The molecule has 3 heterocycles. The number of aromatic nitrogens is 3. The highest BCUT2D eigenvalue weighted by Gasteiger charge is 2.21. The summed E-state index contributed by atoms with van der Waals surface area (Å²) in [6.07, 6.45) is 4.77. The number of aliphatic carboxylic acids is 1. The lowest BCUT2D eigenvalue weighted by molar-refractivity contribution is -0.137. The second-order valence-corrected chi connectivity index (χ2v) is 8.20. The van der Waals surface area contributed by atoms with Gasteiger partial charge in [-0.25, -0.2) is 9.50 Å². The molecule has 156 valence electrons. The minimum Gasteiger partial charge on any atom is -0.481 e. The number of carboxylic acids is 1. The summed E-state index contributed by atoms with van der Waals surface area (Å²) in [5.74, 6) is -0.783. The normalized spacial score (nSPS) is 11.0. The Morgan fingerprint density at radius 2 is 2.13 bits per heavy atom. The van der Waals surface area contributed by atoms with Gasteiger partial charge in [-0.2, -0.15) is 10.4 Å². The van der Waals surface area contributed by atoms with Crippen molar-refractivity contribution < 1.29 is 9.90 Å². The summed E-state index contributed by atoms with van der Waals surface area (Å²) < 4.78 is 1.98. The van der Waals surface area contributed by atoms with Crippen molar-refractivity contribution >= 4 is 22.8 Å². The number of nitriles is 1. The van der Waals surface area contributed by atoms with Crippen LogP contribution < -0.4 is 0 Å². The second-order valence-electron chi connectivity index (χ2n) is 7.31. The molecule has 0 aliphatic rings. The number of rotatable bonds is 8. The topological polar surface area (TPSA) is 91.3 Å². The van der Waals surface area contributed by atoms with Crippen LogP contribution in [0.1, 0.15) is 43.0 Å². The van der Waals surface area contributed by atoms with Crippen molar-refractivity contribution in [1.29, 1.82) is 5.26 Å². The molecule has 0 aliphatic carbocycles. The minimum atomic E-state index is -0.783. The third-order valence-electron chi connectivity index (χ3n) is 5.32. The standard InChI is InChI=1S/C24H22N4O2S/c1-2-18-10-11-20-22(17-7-5-6-16(14-17)15-25)19(8-3-4-9-21(29)30)23(27-28(18)20)24-26-12-13-31-24/h5-7,10-14H,2-4,8-9H2,1H3,(H,29,30). The molecule has 3 aromatic heterocycles. The lowest BCUT2D eigenvalue weighted by Crippen LogP contribution is -2.06. The summed E-state index contributed by atoms with van der Waals surface area (Å²) in [4.78, 5) is 15.5. The number of thiazole rings is 1. The Labute approximate surface area is 184 Å². The molecule has 0 radical (unpaired) electrons. The van der Waals surface area contributed by atoms with E-state index >= 15 is 0 Å². The monoisotopic (exact) mass is 430 g/mol. The van der Waals surface area contributed by atoms with Crippen molar-refractivity contribution in [2.45, 2.75) is 39.0 Å². The van der Waals surface area contributed by atoms with Gasteiger partial charge in [-0.05, 0) is 61.1 Å². The summed E-state index contributed by atoms with van der Waals surface area (Å²) >= 11 is 1.54. The van der Waals surface area contributed by atoms with Crippen LogP contribution >= 0.6 is 11.3 Å². The van der Waals surface area contributed by atoms with Gasteiger partial charge in [0.1, 0.15) is 10.7 Å². The van der Waals surface area contributed by atoms with Gasteiger partial charge in [-0.15, -0.1) is 11.3 Å². The first-order valence-electron chi connectivity index (χ1n) is 10.3. The molecule has 0 spiro atoms. The van der Waals surface area contributed by atoms with E-state index in [0.717, 1.165) is 51.4 Å². The van der Waals surface area contributed by atoms with Crippen LogP contribution in [0.5, 0.6) is 0 Å². The Bertz CT molecular complexity index is 1270. The molecule has 1 aromatic carbocycles. The van der Waals surface area contributed by atoms with Gasteiger partial charge in [0.05, 0.1) is 17.1 Å². The smallest absolute Gasteiger partial charge is 0.303 e. The third kappa shape index (κ3) is 4.21. The van der Waals surface area contributed by atoms with E-state index < -0.39 is 5.97 Å². The number of carboxylic acid groups (broad SMARTS) is 1. The Hall–Kier alpha value is -3.50. The van der Waals surface area contributed by atoms with Crippen LogP contribution in [0.2, 0.25) is 0 Å². The van der Waals surface area contributed by atoms with E-state index in [1.54, 1.807) is 12.3 Å². The number of unbranched alkanes of at least 4 members (excludes halogenated alkanes) is 1. The van der Waals surface area contributed by atoms with Crippen LogP contribution in [0.25, 0.3) is 27.3 Å². The van der Waals surface area contributed by atoms with Gasteiger partial charge in [0, 0.05) is 29.3 Å². The molecule has 7 heteroatoms. The number of fused-ring (bicyclic) bond motifs is 1. The van der Waals surface area contributed by atoms with Crippen LogP contribution in [-0.4, -0.2) is 25.7 Å². The fourth-order valence-corrected chi connectivity index (χ4v) is 4.53. The summed E-state index contributed by atoms with van der Waals surface area (Å²) in [5, 5.41) is 26.2. The van der Waals surface area contributed by atoms with Crippen LogP contribution in [0.3, 0.4) is 0 Å². The van der Waals surface area contributed by atoms with Gasteiger partial charge in [-0.3, -0.25) is 4.79 Å². The maximum atomic E-state index is 11.0. The van der Waals surface area contributed by atoms with Gasteiger partial charge in [0.15, 0.2) is 0 Å². The van der Waals surface area contributed by atoms with E-state index in [1.807, 2.05) is 28.1 Å².